The van der Waals surface area contributed by atoms with E-state index in [0.717, 1.165) is 17.7 Å². The van der Waals surface area contributed by atoms with Gasteiger partial charge in [0, 0.05) is 24.3 Å². The summed E-state index contributed by atoms with van der Waals surface area (Å²) in [6.45, 7) is 5.76. The van der Waals surface area contributed by atoms with Crippen LogP contribution < -0.4 is 14.2 Å². The molecule has 2 aliphatic heterocycles. The third-order valence-corrected chi connectivity index (χ3v) is 6.82. The van der Waals surface area contributed by atoms with Crippen LogP contribution in [0.25, 0.3) is 6.08 Å². The summed E-state index contributed by atoms with van der Waals surface area (Å²) >= 11 is 0. The summed E-state index contributed by atoms with van der Waals surface area (Å²) in [6.07, 6.45) is 7.25. The van der Waals surface area contributed by atoms with Gasteiger partial charge in [0.25, 0.3) is 0 Å². The largest absolute Gasteiger partial charge is 0.495 e. The second-order valence-electron chi connectivity index (χ2n) is 10.2. The van der Waals surface area contributed by atoms with Crippen molar-refractivity contribution < 1.29 is 33.3 Å². The van der Waals surface area contributed by atoms with Crippen LogP contribution in [0.2, 0.25) is 0 Å². The Kier molecular flexibility index (Phi) is 8.87. The van der Waals surface area contributed by atoms with E-state index < -0.39 is 5.97 Å². The molecule has 2 atom stereocenters. The Morgan fingerprint density at radius 3 is 2.47 bits per heavy atom. The van der Waals surface area contributed by atoms with Gasteiger partial charge in [0.15, 0.2) is 0 Å². The average molecular weight is 521 g/mol. The lowest BCUT2D eigenvalue weighted by Gasteiger charge is -2.29. The van der Waals surface area contributed by atoms with Crippen molar-refractivity contribution in [1.82, 2.24) is 0 Å². The Bertz CT molecular complexity index is 1210. The summed E-state index contributed by atoms with van der Waals surface area (Å²) < 4.78 is 23.1. The van der Waals surface area contributed by atoms with E-state index in [1.54, 1.807) is 6.07 Å². The first kappa shape index (κ1) is 27.4. The summed E-state index contributed by atoms with van der Waals surface area (Å²) in [5, 5.41) is 0. The van der Waals surface area contributed by atoms with Gasteiger partial charge >= 0.3 is 11.9 Å². The van der Waals surface area contributed by atoms with Crippen LogP contribution in [0.15, 0.2) is 36.4 Å². The highest BCUT2D eigenvalue weighted by Gasteiger charge is 2.36. The molecule has 7 heteroatoms. The maximum atomic E-state index is 13.5. The second kappa shape index (κ2) is 12.3. The zero-order chi connectivity index (χ0) is 27.2. The number of allylic oxidation sites excluding steroid dienone is 1. The van der Waals surface area contributed by atoms with E-state index in [9.17, 15) is 14.4 Å². The molecule has 0 aliphatic carbocycles. The molecule has 0 bridgehead atoms. The summed E-state index contributed by atoms with van der Waals surface area (Å²) in [5.41, 5.74) is 2.40. The summed E-state index contributed by atoms with van der Waals surface area (Å²) in [6, 6.07) is 9.33. The second-order valence-corrected chi connectivity index (χ2v) is 10.2. The van der Waals surface area contributed by atoms with Crippen LogP contribution in [0.5, 0.6) is 17.2 Å². The molecule has 0 fully saturated rings. The number of carbonyl (C=O) groups excluding carboxylic acids is 3. The lowest BCUT2D eigenvalue weighted by molar-refractivity contribution is -0.135. The maximum absolute atomic E-state index is 13.5. The molecule has 0 unspecified atom stereocenters. The fourth-order valence-corrected chi connectivity index (χ4v) is 5.05. The van der Waals surface area contributed by atoms with Crippen LogP contribution in [-0.2, 0) is 14.3 Å². The van der Waals surface area contributed by atoms with Crippen LogP contribution in [0, 0.1) is 0 Å². The topological polar surface area (TPSA) is 88.1 Å². The monoisotopic (exact) mass is 520 g/mol. The van der Waals surface area contributed by atoms with Gasteiger partial charge in [0.1, 0.15) is 28.6 Å². The minimum Gasteiger partial charge on any atom is -0.495 e. The number of fused-ring (bicyclic) bond motifs is 2. The number of cyclic esters (lactones) is 1. The summed E-state index contributed by atoms with van der Waals surface area (Å²) in [4.78, 5) is 38.3. The van der Waals surface area contributed by atoms with Crippen molar-refractivity contribution in [2.75, 3.05) is 7.11 Å². The molecule has 0 N–H and O–H groups in total. The Morgan fingerprint density at radius 2 is 1.76 bits per heavy atom. The molecular formula is C31H36O7. The summed E-state index contributed by atoms with van der Waals surface area (Å²) in [5.74, 6) is 0.457. The zero-order valence-electron chi connectivity index (χ0n) is 22.6. The highest BCUT2D eigenvalue weighted by atomic mass is 16.5. The zero-order valence-corrected chi connectivity index (χ0v) is 22.6. The molecule has 2 aliphatic rings. The van der Waals surface area contributed by atoms with Gasteiger partial charge in [-0.05, 0) is 75.8 Å². The number of hydrogen-bond donors (Lipinski definition) is 0. The van der Waals surface area contributed by atoms with E-state index in [-0.39, 0.29) is 36.3 Å². The number of benzene rings is 2. The molecule has 7 nitrogen and oxygen atoms in total. The number of hydrogen-bond acceptors (Lipinski definition) is 7. The highest BCUT2D eigenvalue weighted by molar-refractivity contribution is 5.99. The van der Waals surface area contributed by atoms with Crippen molar-refractivity contribution >= 4 is 23.8 Å². The highest BCUT2D eigenvalue weighted by Crippen LogP contribution is 2.47. The number of carbonyl (C=O) groups is 3. The van der Waals surface area contributed by atoms with E-state index in [0.29, 0.717) is 60.3 Å². The molecule has 0 amide bonds. The van der Waals surface area contributed by atoms with Crippen LogP contribution in [-0.4, -0.2) is 37.0 Å². The van der Waals surface area contributed by atoms with Crippen LogP contribution in [0.4, 0.5) is 0 Å². The Labute approximate surface area is 224 Å². The Balaban J connectivity index is 1.80. The smallest absolute Gasteiger partial charge is 0.342 e. The van der Waals surface area contributed by atoms with E-state index >= 15 is 0 Å². The number of ether oxygens (including phenoxy) is 4. The van der Waals surface area contributed by atoms with E-state index in [1.165, 1.54) is 7.11 Å². The third kappa shape index (κ3) is 6.44. The first-order valence-electron chi connectivity index (χ1n) is 13.4. The number of Topliss-reactive ketones (excluding diaryl/α,β-unsaturated/α-hetero) is 1. The Hall–Kier alpha value is -3.61. The fraction of sp³-hybridized carbons (Fsp3) is 0.452. The van der Waals surface area contributed by atoms with Crippen molar-refractivity contribution in [2.24, 2.45) is 0 Å². The number of esters is 2. The predicted molar refractivity (Wildman–Crippen MR) is 144 cm³/mol. The van der Waals surface area contributed by atoms with Gasteiger partial charge in [-0.15, -0.1) is 0 Å². The molecule has 0 radical (unpaired) electrons. The number of methoxy groups -OCH3 is 1. The first-order chi connectivity index (χ1) is 18.3. The quantitative estimate of drug-likeness (QED) is 0.340. The van der Waals surface area contributed by atoms with Crippen molar-refractivity contribution in [3.8, 4) is 17.2 Å². The molecule has 38 heavy (non-hydrogen) atoms. The third-order valence-electron chi connectivity index (χ3n) is 6.82. The molecule has 2 aromatic rings. The first-order valence-corrected chi connectivity index (χ1v) is 13.4. The lowest BCUT2D eigenvalue weighted by atomic mass is 9.83. The lowest BCUT2D eigenvalue weighted by Crippen LogP contribution is -2.24. The molecular weight excluding hydrogens is 484 g/mol. The van der Waals surface area contributed by atoms with E-state index in [1.807, 2.05) is 57.2 Å². The van der Waals surface area contributed by atoms with Crippen LogP contribution >= 0.6 is 0 Å². The Morgan fingerprint density at radius 1 is 1.03 bits per heavy atom. The van der Waals surface area contributed by atoms with Gasteiger partial charge in [-0.2, -0.15) is 0 Å². The minimum absolute atomic E-state index is 0.0447. The molecule has 4 rings (SSSR count). The van der Waals surface area contributed by atoms with Crippen molar-refractivity contribution in [3.63, 3.8) is 0 Å². The molecule has 0 saturated heterocycles. The molecule has 0 spiro atoms. The fourth-order valence-electron chi connectivity index (χ4n) is 5.05. The van der Waals surface area contributed by atoms with Gasteiger partial charge < -0.3 is 18.9 Å². The van der Waals surface area contributed by atoms with Gasteiger partial charge in [0.05, 0.1) is 25.7 Å². The maximum Gasteiger partial charge on any atom is 0.342 e. The normalized spacial score (nSPS) is 20.6. The SMILES string of the molecule is COc1c2c(cc3c1[C@@H](c1ccc(OC(C)C)cc1)CC(=O)O3)C=CCCCC(=O)CCC[C@H](C)OC2=O. The van der Waals surface area contributed by atoms with Gasteiger partial charge in [-0.1, -0.05) is 24.3 Å². The molecule has 0 saturated carbocycles. The van der Waals surface area contributed by atoms with Crippen LogP contribution in [0.1, 0.15) is 98.7 Å². The van der Waals surface area contributed by atoms with Crippen molar-refractivity contribution in [2.45, 2.75) is 83.8 Å². The van der Waals surface area contributed by atoms with E-state index in [4.69, 9.17) is 18.9 Å². The molecule has 2 aromatic carbocycles. The van der Waals surface area contributed by atoms with Crippen molar-refractivity contribution in [1.29, 1.82) is 0 Å². The number of ketones is 1. The van der Waals surface area contributed by atoms with Gasteiger partial charge in [0.2, 0.25) is 0 Å². The molecule has 202 valence electrons. The van der Waals surface area contributed by atoms with Crippen LogP contribution in [0.3, 0.4) is 0 Å². The van der Waals surface area contributed by atoms with Gasteiger partial charge in [-0.25, -0.2) is 4.79 Å². The number of rotatable bonds is 4. The minimum atomic E-state index is -0.503. The standard InChI is InChI=1S/C31H36O7/c1-19(2)36-24-15-13-21(14-16-24)25-18-27(33)38-26-17-22-10-6-5-7-11-23(32)12-8-9-20(3)37-31(34)28(22)30(35-4)29(25)26/h6,10,13-17,19-20,25H,5,7-9,11-12,18H2,1-4H3/t20-,25+/m0/s1. The molecule has 2 heterocycles. The molecule has 0 aromatic heterocycles. The summed E-state index contributed by atoms with van der Waals surface area (Å²) in [7, 11) is 1.51. The van der Waals surface area contributed by atoms with Crippen molar-refractivity contribution in [3.05, 3.63) is 58.7 Å². The van der Waals surface area contributed by atoms with E-state index in [2.05, 4.69) is 0 Å². The average Bonchev–Trinajstić information content (AvgIpc) is 2.86. The van der Waals surface area contributed by atoms with Gasteiger partial charge in [-0.3, -0.25) is 9.59 Å². The predicted octanol–water partition coefficient (Wildman–Crippen LogP) is 6.41.